The summed E-state index contributed by atoms with van der Waals surface area (Å²) in [5.41, 5.74) is 7.23. The SMILES string of the molecule is N#CCN(CC#N)Cc1ccc(Cl)cc1N. The van der Waals surface area contributed by atoms with Crippen LogP contribution in [-0.2, 0) is 6.54 Å². The van der Waals surface area contributed by atoms with Crippen LogP contribution in [0.1, 0.15) is 5.56 Å². The van der Waals surface area contributed by atoms with Crippen LogP contribution < -0.4 is 5.73 Å². The van der Waals surface area contributed by atoms with Gasteiger partial charge in [0.15, 0.2) is 0 Å². The molecule has 0 saturated heterocycles. The molecule has 0 fully saturated rings. The van der Waals surface area contributed by atoms with Crippen LogP contribution >= 0.6 is 11.6 Å². The first kappa shape index (κ1) is 12.3. The Bertz CT molecular complexity index is 428. The number of anilines is 1. The largest absolute Gasteiger partial charge is 0.398 e. The van der Waals surface area contributed by atoms with Crippen LogP contribution in [0.5, 0.6) is 0 Å². The van der Waals surface area contributed by atoms with E-state index < -0.39 is 0 Å². The molecule has 1 aromatic rings. The number of nitrogens with two attached hydrogens (primary N) is 1. The average molecular weight is 235 g/mol. The Morgan fingerprint density at radius 2 is 1.88 bits per heavy atom. The molecule has 0 atom stereocenters. The van der Waals surface area contributed by atoms with E-state index in [1.165, 1.54) is 0 Å². The minimum absolute atomic E-state index is 0.204. The second-order valence-corrected chi connectivity index (χ2v) is 3.74. The first-order valence-corrected chi connectivity index (χ1v) is 5.05. The van der Waals surface area contributed by atoms with Crippen LogP contribution in [0.3, 0.4) is 0 Å². The van der Waals surface area contributed by atoms with Gasteiger partial charge in [-0.1, -0.05) is 17.7 Å². The molecule has 0 bridgehead atoms. The molecule has 16 heavy (non-hydrogen) atoms. The third-order valence-corrected chi connectivity index (χ3v) is 2.33. The van der Waals surface area contributed by atoms with Crippen LogP contribution in [0.25, 0.3) is 0 Å². The molecule has 0 aliphatic carbocycles. The lowest BCUT2D eigenvalue weighted by Crippen LogP contribution is -2.24. The molecule has 0 heterocycles. The first-order chi connectivity index (χ1) is 7.67. The fourth-order valence-electron chi connectivity index (χ4n) is 1.32. The predicted molar refractivity (Wildman–Crippen MR) is 62.4 cm³/mol. The monoisotopic (exact) mass is 234 g/mol. The van der Waals surface area contributed by atoms with Gasteiger partial charge in [0.25, 0.3) is 0 Å². The quantitative estimate of drug-likeness (QED) is 0.636. The predicted octanol–water partition coefficient (Wildman–Crippen LogP) is 1.77. The highest BCUT2D eigenvalue weighted by molar-refractivity contribution is 6.30. The zero-order valence-electron chi connectivity index (χ0n) is 8.65. The van der Waals surface area contributed by atoms with Crippen molar-refractivity contribution < 1.29 is 0 Å². The van der Waals surface area contributed by atoms with E-state index in [9.17, 15) is 0 Å². The van der Waals surface area contributed by atoms with Crippen LogP contribution in [0.15, 0.2) is 18.2 Å². The molecule has 0 unspecified atom stereocenters. The van der Waals surface area contributed by atoms with E-state index in [0.29, 0.717) is 17.3 Å². The molecule has 0 radical (unpaired) electrons. The molecule has 0 amide bonds. The number of nitriles is 2. The van der Waals surface area contributed by atoms with Crippen molar-refractivity contribution in [2.24, 2.45) is 0 Å². The van der Waals surface area contributed by atoms with Crippen molar-refractivity contribution in [2.75, 3.05) is 18.8 Å². The summed E-state index contributed by atoms with van der Waals surface area (Å²) in [5.74, 6) is 0. The molecule has 5 heteroatoms. The topological polar surface area (TPSA) is 76.8 Å². The van der Waals surface area contributed by atoms with E-state index in [2.05, 4.69) is 0 Å². The van der Waals surface area contributed by atoms with E-state index in [0.717, 1.165) is 5.56 Å². The molecule has 1 aromatic carbocycles. The van der Waals surface area contributed by atoms with E-state index in [-0.39, 0.29) is 13.1 Å². The van der Waals surface area contributed by atoms with Crippen molar-refractivity contribution in [3.05, 3.63) is 28.8 Å². The van der Waals surface area contributed by atoms with Crippen molar-refractivity contribution in [3.63, 3.8) is 0 Å². The minimum Gasteiger partial charge on any atom is -0.398 e. The van der Waals surface area contributed by atoms with Crippen molar-refractivity contribution in [2.45, 2.75) is 6.54 Å². The van der Waals surface area contributed by atoms with Crippen LogP contribution in [0.2, 0.25) is 5.02 Å². The summed E-state index contributed by atoms with van der Waals surface area (Å²) >= 11 is 5.78. The minimum atomic E-state index is 0.204. The maximum Gasteiger partial charge on any atom is 0.0877 e. The van der Waals surface area contributed by atoms with Crippen LogP contribution in [-0.4, -0.2) is 18.0 Å². The average Bonchev–Trinajstić information content (AvgIpc) is 2.23. The van der Waals surface area contributed by atoms with Gasteiger partial charge < -0.3 is 5.73 Å². The smallest absolute Gasteiger partial charge is 0.0877 e. The number of hydrogen-bond donors (Lipinski definition) is 1. The highest BCUT2D eigenvalue weighted by Gasteiger charge is 2.07. The van der Waals surface area contributed by atoms with Gasteiger partial charge in [-0.3, -0.25) is 4.90 Å². The van der Waals surface area contributed by atoms with E-state index >= 15 is 0 Å². The number of nitrogens with zero attached hydrogens (tertiary/aromatic N) is 3. The highest BCUT2D eigenvalue weighted by Crippen LogP contribution is 2.19. The first-order valence-electron chi connectivity index (χ1n) is 4.67. The van der Waals surface area contributed by atoms with Gasteiger partial charge in [-0.25, -0.2) is 0 Å². The second kappa shape index (κ2) is 5.97. The fraction of sp³-hybridized carbons (Fsp3) is 0.273. The molecule has 82 valence electrons. The normalized spacial score (nSPS) is 9.75. The Morgan fingerprint density at radius 1 is 1.25 bits per heavy atom. The van der Waals surface area contributed by atoms with Crippen molar-refractivity contribution in [3.8, 4) is 12.1 Å². The van der Waals surface area contributed by atoms with Gasteiger partial charge in [0.05, 0.1) is 25.2 Å². The van der Waals surface area contributed by atoms with Crippen molar-refractivity contribution in [1.29, 1.82) is 10.5 Å². The molecule has 0 saturated carbocycles. The van der Waals surface area contributed by atoms with Crippen LogP contribution in [0, 0.1) is 22.7 Å². The number of halogens is 1. The van der Waals surface area contributed by atoms with Crippen molar-refractivity contribution >= 4 is 17.3 Å². The molecule has 0 aliphatic heterocycles. The summed E-state index contributed by atoms with van der Waals surface area (Å²) in [6, 6.07) is 9.23. The standard InChI is InChI=1S/C11H11ClN4/c12-10-2-1-9(11(15)7-10)8-16(5-3-13)6-4-14/h1-2,7H,5-6,8,15H2. The molecule has 1 rings (SSSR count). The summed E-state index contributed by atoms with van der Waals surface area (Å²) in [6.45, 7) is 0.884. The third kappa shape index (κ3) is 3.43. The fourth-order valence-corrected chi connectivity index (χ4v) is 1.50. The summed E-state index contributed by atoms with van der Waals surface area (Å²) in [5, 5.41) is 17.8. The van der Waals surface area contributed by atoms with Gasteiger partial charge in [0, 0.05) is 17.3 Å². The third-order valence-electron chi connectivity index (χ3n) is 2.09. The second-order valence-electron chi connectivity index (χ2n) is 3.30. The molecule has 4 nitrogen and oxygen atoms in total. The molecular formula is C11H11ClN4. The van der Waals surface area contributed by atoms with E-state index in [4.69, 9.17) is 27.9 Å². The summed E-state index contributed by atoms with van der Waals surface area (Å²) in [4.78, 5) is 1.71. The molecular weight excluding hydrogens is 224 g/mol. The van der Waals surface area contributed by atoms with Gasteiger partial charge >= 0.3 is 0 Å². The van der Waals surface area contributed by atoms with E-state index in [1.54, 1.807) is 23.1 Å². The molecule has 0 aromatic heterocycles. The van der Waals surface area contributed by atoms with Gasteiger partial charge in [0.2, 0.25) is 0 Å². The van der Waals surface area contributed by atoms with Gasteiger partial charge in [0.1, 0.15) is 0 Å². The summed E-state index contributed by atoms with van der Waals surface area (Å²) in [6.07, 6.45) is 0. The lowest BCUT2D eigenvalue weighted by atomic mass is 10.1. The Hall–Kier alpha value is -1.75. The van der Waals surface area contributed by atoms with Gasteiger partial charge in [-0.05, 0) is 17.7 Å². The highest BCUT2D eigenvalue weighted by atomic mass is 35.5. The number of rotatable bonds is 4. The lowest BCUT2D eigenvalue weighted by Gasteiger charge is -2.16. The molecule has 2 N–H and O–H groups in total. The number of hydrogen-bond acceptors (Lipinski definition) is 4. The maximum absolute atomic E-state index is 8.60. The van der Waals surface area contributed by atoms with E-state index in [1.807, 2.05) is 12.1 Å². The Morgan fingerprint density at radius 3 is 2.38 bits per heavy atom. The Labute approximate surface area is 99.4 Å². The van der Waals surface area contributed by atoms with Crippen molar-refractivity contribution in [1.82, 2.24) is 4.90 Å². The number of benzene rings is 1. The number of nitrogen functional groups attached to an aromatic ring is 1. The van der Waals surface area contributed by atoms with Gasteiger partial charge in [-0.2, -0.15) is 10.5 Å². The molecule has 0 spiro atoms. The zero-order chi connectivity index (χ0) is 12.0. The summed E-state index contributed by atoms with van der Waals surface area (Å²) < 4.78 is 0. The van der Waals surface area contributed by atoms with Gasteiger partial charge in [-0.15, -0.1) is 0 Å². The lowest BCUT2D eigenvalue weighted by molar-refractivity contribution is 0.335. The summed E-state index contributed by atoms with van der Waals surface area (Å²) in [7, 11) is 0. The Kier molecular flexibility index (Phi) is 4.60. The van der Waals surface area contributed by atoms with Crippen LogP contribution in [0.4, 0.5) is 5.69 Å². The maximum atomic E-state index is 8.60. The zero-order valence-corrected chi connectivity index (χ0v) is 9.41. The Balaban J connectivity index is 2.78. The molecule has 0 aliphatic rings.